The number of hydrogen-bond acceptors (Lipinski definition) is 4. The maximum Gasteiger partial charge on any atom is 0.191 e. The van der Waals surface area contributed by atoms with E-state index in [-0.39, 0.29) is 0 Å². The van der Waals surface area contributed by atoms with Crippen LogP contribution in [0.2, 0.25) is 5.15 Å². The van der Waals surface area contributed by atoms with Crippen molar-refractivity contribution in [2.45, 2.75) is 17.3 Å². The fourth-order valence-electron chi connectivity index (χ4n) is 2.78. The molecule has 6 heteroatoms. The highest BCUT2D eigenvalue weighted by molar-refractivity contribution is 7.98. The van der Waals surface area contributed by atoms with Gasteiger partial charge >= 0.3 is 0 Å². The number of rotatable bonds is 5. The zero-order chi connectivity index (χ0) is 17.9. The molecule has 0 fully saturated rings. The summed E-state index contributed by atoms with van der Waals surface area (Å²) in [7, 11) is 2.00. The lowest BCUT2D eigenvalue weighted by atomic mass is 10.1. The van der Waals surface area contributed by atoms with Gasteiger partial charge in [-0.1, -0.05) is 71.9 Å². The third kappa shape index (κ3) is 3.59. The lowest BCUT2D eigenvalue weighted by Crippen LogP contribution is -2.00. The predicted octanol–water partition coefficient (Wildman–Crippen LogP) is 4.90. The van der Waals surface area contributed by atoms with Crippen LogP contribution in [0.15, 0.2) is 65.8 Å². The van der Waals surface area contributed by atoms with Crippen LogP contribution in [0.1, 0.15) is 17.0 Å². The monoisotopic (exact) mass is 380 g/mol. The van der Waals surface area contributed by atoms with E-state index >= 15 is 0 Å². The van der Waals surface area contributed by atoms with Crippen LogP contribution in [0, 0.1) is 0 Å². The minimum Gasteiger partial charge on any atom is -0.309 e. The van der Waals surface area contributed by atoms with Gasteiger partial charge in [-0.15, -0.1) is 10.2 Å². The molecule has 0 aliphatic heterocycles. The van der Waals surface area contributed by atoms with Crippen molar-refractivity contribution in [1.82, 2.24) is 19.7 Å². The molecule has 0 amide bonds. The summed E-state index contributed by atoms with van der Waals surface area (Å²) in [5.41, 5.74) is 3.14. The van der Waals surface area contributed by atoms with E-state index in [9.17, 15) is 0 Å². The van der Waals surface area contributed by atoms with E-state index in [4.69, 9.17) is 11.6 Å². The third-order valence-corrected chi connectivity index (χ3v) is 5.63. The van der Waals surface area contributed by atoms with Crippen molar-refractivity contribution in [2.24, 2.45) is 7.05 Å². The average molecular weight is 381 g/mol. The first-order valence-electron chi connectivity index (χ1n) is 8.30. The van der Waals surface area contributed by atoms with Gasteiger partial charge in [-0.05, 0) is 17.7 Å². The van der Waals surface area contributed by atoms with E-state index in [1.54, 1.807) is 11.8 Å². The minimum absolute atomic E-state index is 0.544. The van der Waals surface area contributed by atoms with Crippen molar-refractivity contribution in [3.8, 4) is 0 Å². The smallest absolute Gasteiger partial charge is 0.191 e. The second-order valence-corrected chi connectivity index (χ2v) is 7.34. The molecular weight excluding hydrogens is 364 g/mol. The van der Waals surface area contributed by atoms with E-state index in [0.29, 0.717) is 10.9 Å². The van der Waals surface area contributed by atoms with Crippen LogP contribution in [0.25, 0.3) is 10.9 Å². The highest BCUT2D eigenvalue weighted by Crippen LogP contribution is 2.27. The van der Waals surface area contributed by atoms with Gasteiger partial charge < -0.3 is 4.57 Å². The van der Waals surface area contributed by atoms with E-state index in [2.05, 4.69) is 33.4 Å². The molecule has 2 aromatic heterocycles. The number of hydrogen-bond donors (Lipinski definition) is 0. The Balaban J connectivity index is 1.51. The Bertz CT molecular complexity index is 1050. The molecule has 26 heavy (non-hydrogen) atoms. The van der Waals surface area contributed by atoms with Crippen LogP contribution in [0.4, 0.5) is 0 Å². The van der Waals surface area contributed by atoms with Gasteiger partial charge in [-0.25, -0.2) is 4.98 Å². The Kier molecular flexibility index (Phi) is 4.91. The predicted molar refractivity (Wildman–Crippen MR) is 107 cm³/mol. The highest BCUT2D eigenvalue weighted by atomic mass is 35.5. The molecule has 0 radical (unpaired) electrons. The first-order chi connectivity index (χ1) is 12.7. The lowest BCUT2D eigenvalue weighted by molar-refractivity contribution is 0.749. The van der Waals surface area contributed by atoms with Gasteiger partial charge in [0.2, 0.25) is 0 Å². The van der Waals surface area contributed by atoms with Gasteiger partial charge in [0.1, 0.15) is 11.0 Å². The Morgan fingerprint density at radius 1 is 1.00 bits per heavy atom. The first-order valence-corrected chi connectivity index (χ1v) is 9.66. The van der Waals surface area contributed by atoms with Crippen LogP contribution >= 0.6 is 23.4 Å². The largest absolute Gasteiger partial charge is 0.309 e. The summed E-state index contributed by atoms with van der Waals surface area (Å²) in [5.74, 6) is 1.65. The van der Waals surface area contributed by atoms with E-state index < -0.39 is 0 Å². The van der Waals surface area contributed by atoms with Gasteiger partial charge in [0, 0.05) is 30.2 Å². The molecule has 0 aliphatic rings. The number of pyridine rings is 1. The molecular formula is C20H17ClN4S. The quantitative estimate of drug-likeness (QED) is 0.365. The van der Waals surface area contributed by atoms with Gasteiger partial charge in [-0.3, -0.25) is 0 Å². The zero-order valence-electron chi connectivity index (χ0n) is 14.3. The van der Waals surface area contributed by atoms with Gasteiger partial charge in [-0.2, -0.15) is 0 Å². The Morgan fingerprint density at radius 3 is 2.62 bits per heavy atom. The summed E-state index contributed by atoms with van der Waals surface area (Å²) in [5, 5.41) is 11.2. The number of halogens is 1. The molecule has 0 aliphatic carbocycles. The van der Waals surface area contributed by atoms with Gasteiger partial charge in [0.25, 0.3) is 0 Å². The number of nitrogens with zero attached hydrogens (tertiary/aromatic N) is 4. The normalized spacial score (nSPS) is 11.2. The molecule has 2 heterocycles. The maximum absolute atomic E-state index is 6.35. The summed E-state index contributed by atoms with van der Waals surface area (Å²) in [6.45, 7) is 0. The van der Waals surface area contributed by atoms with Crippen LogP contribution in [-0.2, 0) is 19.2 Å². The van der Waals surface area contributed by atoms with Crippen molar-refractivity contribution >= 4 is 34.3 Å². The summed E-state index contributed by atoms with van der Waals surface area (Å²) in [4.78, 5) is 4.48. The number of benzene rings is 2. The Morgan fingerprint density at radius 2 is 1.77 bits per heavy atom. The van der Waals surface area contributed by atoms with Crippen molar-refractivity contribution in [3.05, 3.63) is 82.8 Å². The molecule has 4 nitrogen and oxygen atoms in total. The fourth-order valence-corrected chi connectivity index (χ4v) is 3.98. The fraction of sp³-hybridized carbons (Fsp3) is 0.150. The molecule has 0 saturated heterocycles. The lowest BCUT2D eigenvalue weighted by Gasteiger charge is -2.07. The van der Waals surface area contributed by atoms with Crippen LogP contribution in [0.3, 0.4) is 0 Å². The summed E-state index contributed by atoms with van der Waals surface area (Å²) in [6, 6.07) is 20.4. The average Bonchev–Trinajstić information content (AvgIpc) is 3.00. The van der Waals surface area contributed by atoms with E-state index in [1.165, 1.54) is 5.56 Å². The molecule has 0 atom stereocenters. The molecule has 0 bridgehead atoms. The molecule has 4 aromatic rings. The summed E-state index contributed by atoms with van der Waals surface area (Å²) in [6.07, 6.45) is 0.767. The van der Waals surface area contributed by atoms with Crippen molar-refractivity contribution in [2.75, 3.05) is 0 Å². The van der Waals surface area contributed by atoms with Crippen LogP contribution in [0.5, 0.6) is 0 Å². The minimum atomic E-state index is 0.544. The summed E-state index contributed by atoms with van der Waals surface area (Å²) < 4.78 is 2.04. The van der Waals surface area contributed by atoms with Crippen molar-refractivity contribution in [1.29, 1.82) is 0 Å². The van der Waals surface area contributed by atoms with Gasteiger partial charge in [0.05, 0.1) is 5.52 Å². The SMILES string of the molecule is Cn1c(Cc2ccccc2)nnc1SCc1cc2ccccc2nc1Cl. The number of fused-ring (bicyclic) bond motifs is 1. The molecule has 0 spiro atoms. The molecule has 0 saturated carbocycles. The molecule has 4 rings (SSSR count). The van der Waals surface area contributed by atoms with E-state index in [0.717, 1.165) is 33.9 Å². The standard InChI is InChI=1S/C20H17ClN4S/c1-25-18(11-14-7-3-2-4-8-14)23-24-20(25)26-13-16-12-15-9-5-6-10-17(15)22-19(16)21/h2-10,12H,11,13H2,1H3. The van der Waals surface area contributed by atoms with Crippen LogP contribution < -0.4 is 0 Å². The molecule has 2 aromatic carbocycles. The Hall–Kier alpha value is -2.37. The molecule has 0 unspecified atom stereocenters. The first kappa shape index (κ1) is 17.1. The van der Waals surface area contributed by atoms with Crippen molar-refractivity contribution < 1.29 is 0 Å². The topological polar surface area (TPSA) is 43.6 Å². The number of thioether (sulfide) groups is 1. The second-order valence-electron chi connectivity index (χ2n) is 6.04. The second kappa shape index (κ2) is 7.48. The Labute approximate surface area is 161 Å². The van der Waals surface area contributed by atoms with Crippen LogP contribution in [-0.4, -0.2) is 19.7 Å². The number of para-hydroxylation sites is 1. The van der Waals surface area contributed by atoms with Crippen molar-refractivity contribution in [3.63, 3.8) is 0 Å². The van der Waals surface area contributed by atoms with E-state index in [1.807, 2.05) is 54.1 Å². The van der Waals surface area contributed by atoms with Gasteiger partial charge in [0.15, 0.2) is 5.16 Å². The zero-order valence-corrected chi connectivity index (χ0v) is 15.8. The number of aromatic nitrogens is 4. The molecule has 130 valence electrons. The third-order valence-electron chi connectivity index (χ3n) is 4.24. The highest BCUT2D eigenvalue weighted by Gasteiger charge is 2.12. The summed E-state index contributed by atoms with van der Waals surface area (Å²) >= 11 is 7.97. The molecule has 0 N–H and O–H groups in total. The maximum atomic E-state index is 6.35.